The number of pyridine rings is 2. The van der Waals surface area contributed by atoms with Gasteiger partial charge >= 0.3 is 0 Å². The third kappa shape index (κ3) is 3.07. The van der Waals surface area contributed by atoms with Gasteiger partial charge in [0.25, 0.3) is 5.91 Å². The van der Waals surface area contributed by atoms with E-state index in [-0.39, 0.29) is 23.2 Å². The maximum absolute atomic E-state index is 15.0. The highest BCUT2D eigenvalue weighted by Crippen LogP contribution is 2.46. The van der Waals surface area contributed by atoms with Gasteiger partial charge in [-0.15, -0.1) is 0 Å². The highest BCUT2D eigenvalue weighted by atomic mass is 19.1. The first-order chi connectivity index (χ1) is 13.4. The lowest BCUT2D eigenvalue weighted by molar-refractivity contribution is -0.242. The molecule has 4 rings (SSSR count). The molecule has 8 heteroatoms. The number of rotatable bonds is 3. The van der Waals surface area contributed by atoms with Crippen molar-refractivity contribution in [3.63, 3.8) is 0 Å². The Hall–Kier alpha value is -2.42. The van der Waals surface area contributed by atoms with Crippen molar-refractivity contribution in [2.75, 3.05) is 0 Å². The molecule has 0 spiro atoms. The number of aliphatic hydroxyl groups excluding tert-OH is 1. The number of halogens is 1. The molecule has 1 amide bonds. The fourth-order valence-electron chi connectivity index (χ4n) is 4.37. The normalized spacial score (nSPS) is 29.9. The number of nitrogens with zero attached hydrogens (tertiary/aromatic N) is 2. The molecule has 0 aromatic carbocycles. The van der Waals surface area contributed by atoms with Crippen LogP contribution in [0.1, 0.15) is 54.3 Å². The van der Waals surface area contributed by atoms with Gasteiger partial charge in [0.05, 0.1) is 24.5 Å². The molecule has 2 aromatic heterocycles. The topological polar surface area (TPSA) is 119 Å². The number of carbonyl (C=O) groups is 1. The molecule has 2 fully saturated rings. The van der Waals surface area contributed by atoms with Crippen molar-refractivity contribution >= 4 is 5.91 Å². The predicted molar refractivity (Wildman–Crippen MR) is 97.6 cm³/mol. The quantitative estimate of drug-likeness (QED) is 0.740. The second-order valence-corrected chi connectivity index (χ2v) is 7.45. The lowest BCUT2D eigenvalue weighted by Crippen LogP contribution is -2.59. The Kier molecular flexibility index (Phi) is 4.86. The van der Waals surface area contributed by atoms with Crippen molar-refractivity contribution in [2.45, 2.75) is 56.0 Å². The summed E-state index contributed by atoms with van der Waals surface area (Å²) < 4.78 is 21.0. The Bertz CT molecular complexity index is 895. The standard InChI is InChI=1S/C20H22FN3O4/c21-12-10-24-18(19(22)26)16(11-4-3-7-23-9-11)17(12)13-8-14(25)20(27)6-2-1-5-15(20)28-13/h3-4,7,9-10,13-15,25,27H,1-2,5-6,8H2,(H2,22,26). The van der Waals surface area contributed by atoms with Crippen LogP contribution in [-0.4, -0.2) is 43.9 Å². The van der Waals surface area contributed by atoms with E-state index < -0.39 is 35.6 Å². The maximum atomic E-state index is 15.0. The van der Waals surface area contributed by atoms with Crippen molar-refractivity contribution in [2.24, 2.45) is 5.73 Å². The summed E-state index contributed by atoms with van der Waals surface area (Å²) in [6.07, 6.45) is 4.12. The molecule has 28 heavy (non-hydrogen) atoms. The maximum Gasteiger partial charge on any atom is 0.267 e. The second kappa shape index (κ2) is 7.20. The number of hydrogen-bond acceptors (Lipinski definition) is 6. The fourth-order valence-corrected chi connectivity index (χ4v) is 4.37. The third-order valence-electron chi connectivity index (χ3n) is 5.77. The van der Waals surface area contributed by atoms with Gasteiger partial charge in [0.15, 0.2) is 0 Å². The molecule has 1 saturated carbocycles. The number of aliphatic hydroxyl groups is 2. The Morgan fingerprint density at radius 3 is 2.89 bits per heavy atom. The van der Waals surface area contributed by atoms with Crippen LogP contribution in [0.15, 0.2) is 30.7 Å². The Balaban J connectivity index is 1.84. The largest absolute Gasteiger partial charge is 0.390 e. The summed E-state index contributed by atoms with van der Waals surface area (Å²) in [5.74, 6) is -1.46. The third-order valence-corrected chi connectivity index (χ3v) is 5.77. The van der Waals surface area contributed by atoms with E-state index in [1.54, 1.807) is 18.3 Å². The minimum Gasteiger partial charge on any atom is -0.390 e. The number of fused-ring (bicyclic) bond motifs is 1. The van der Waals surface area contributed by atoms with Gasteiger partial charge in [-0.1, -0.05) is 18.9 Å². The summed E-state index contributed by atoms with van der Waals surface area (Å²) in [5.41, 5.74) is 4.84. The van der Waals surface area contributed by atoms with Crippen molar-refractivity contribution < 1.29 is 24.1 Å². The van der Waals surface area contributed by atoms with Gasteiger partial charge in [0, 0.05) is 35.5 Å². The second-order valence-electron chi connectivity index (χ2n) is 7.45. The molecule has 7 nitrogen and oxygen atoms in total. The van der Waals surface area contributed by atoms with E-state index in [4.69, 9.17) is 10.5 Å². The van der Waals surface area contributed by atoms with Crippen molar-refractivity contribution in [1.29, 1.82) is 0 Å². The molecule has 2 aromatic rings. The summed E-state index contributed by atoms with van der Waals surface area (Å²) in [5, 5.41) is 21.5. The van der Waals surface area contributed by atoms with Gasteiger partial charge in [-0.25, -0.2) is 9.37 Å². The summed E-state index contributed by atoms with van der Waals surface area (Å²) in [4.78, 5) is 19.9. The van der Waals surface area contributed by atoms with Crippen molar-refractivity contribution in [3.05, 3.63) is 47.8 Å². The molecule has 4 atom stereocenters. The molecule has 0 radical (unpaired) electrons. The van der Waals surface area contributed by atoms with Gasteiger partial charge < -0.3 is 20.7 Å². The molecule has 1 aliphatic heterocycles. The zero-order valence-corrected chi connectivity index (χ0v) is 15.2. The number of ether oxygens (including phenoxy) is 1. The Labute approximate surface area is 161 Å². The summed E-state index contributed by atoms with van der Waals surface area (Å²) in [6, 6.07) is 3.33. The van der Waals surface area contributed by atoms with E-state index in [1.165, 1.54) is 6.20 Å². The summed E-state index contributed by atoms with van der Waals surface area (Å²) >= 11 is 0. The molecule has 4 N–H and O–H groups in total. The van der Waals surface area contributed by atoms with Crippen LogP contribution in [0.2, 0.25) is 0 Å². The van der Waals surface area contributed by atoms with Gasteiger partial charge in [0.1, 0.15) is 17.1 Å². The van der Waals surface area contributed by atoms with E-state index in [0.29, 0.717) is 18.4 Å². The molecule has 1 aliphatic carbocycles. The number of amides is 1. The van der Waals surface area contributed by atoms with Gasteiger partial charge in [-0.2, -0.15) is 0 Å². The van der Waals surface area contributed by atoms with Crippen LogP contribution in [0.25, 0.3) is 11.1 Å². The zero-order valence-electron chi connectivity index (χ0n) is 15.2. The average Bonchev–Trinajstić information content (AvgIpc) is 2.68. The lowest BCUT2D eigenvalue weighted by Gasteiger charge is -2.49. The first kappa shape index (κ1) is 18.9. The molecule has 2 aliphatic rings. The number of aromatic nitrogens is 2. The van der Waals surface area contributed by atoms with Crippen LogP contribution in [0.5, 0.6) is 0 Å². The van der Waals surface area contributed by atoms with Crippen LogP contribution < -0.4 is 5.73 Å². The van der Waals surface area contributed by atoms with E-state index in [1.807, 2.05) is 0 Å². The fraction of sp³-hybridized carbons (Fsp3) is 0.450. The van der Waals surface area contributed by atoms with Crippen LogP contribution in [0, 0.1) is 5.82 Å². The molecule has 4 unspecified atom stereocenters. The first-order valence-corrected chi connectivity index (χ1v) is 9.36. The van der Waals surface area contributed by atoms with Crippen molar-refractivity contribution in [3.8, 4) is 11.1 Å². The zero-order chi connectivity index (χ0) is 19.9. The molecule has 148 valence electrons. The highest BCUT2D eigenvalue weighted by molar-refractivity contribution is 5.98. The smallest absolute Gasteiger partial charge is 0.267 e. The predicted octanol–water partition coefficient (Wildman–Crippen LogP) is 1.88. The lowest BCUT2D eigenvalue weighted by atomic mass is 9.73. The molecular weight excluding hydrogens is 365 g/mol. The van der Waals surface area contributed by atoms with E-state index >= 15 is 0 Å². The minimum absolute atomic E-state index is 0.000598. The molecule has 1 saturated heterocycles. The Morgan fingerprint density at radius 1 is 1.36 bits per heavy atom. The van der Waals surface area contributed by atoms with Crippen LogP contribution in [0.4, 0.5) is 4.39 Å². The van der Waals surface area contributed by atoms with Crippen LogP contribution in [-0.2, 0) is 4.74 Å². The van der Waals surface area contributed by atoms with Gasteiger partial charge in [0.2, 0.25) is 0 Å². The average molecular weight is 387 g/mol. The summed E-state index contributed by atoms with van der Waals surface area (Å²) in [7, 11) is 0. The molecular formula is C20H22FN3O4. The van der Waals surface area contributed by atoms with Crippen molar-refractivity contribution in [1.82, 2.24) is 9.97 Å². The van der Waals surface area contributed by atoms with Crippen LogP contribution >= 0.6 is 0 Å². The number of hydrogen-bond donors (Lipinski definition) is 3. The van der Waals surface area contributed by atoms with Gasteiger partial charge in [-0.05, 0) is 18.9 Å². The van der Waals surface area contributed by atoms with Crippen LogP contribution in [0.3, 0.4) is 0 Å². The van der Waals surface area contributed by atoms with E-state index in [2.05, 4.69) is 9.97 Å². The Morgan fingerprint density at radius 2 is 2.18 bits per heavy atom. The van der Waals surface area contributed by atoms with E-state index in [9.17, 15) is 19.4 Å². The number of nitrogens with two attached hydrogens (primary N) is 1. The SMILES string of the molecule is NC(=O)c1ncc(F)c(C2CC(O)C3(O)CCCCC3O2)c1-c1cccnc1. The summed E-state index contributed by atoms with van der Waals surface area (Å²) in [6.45, 7) is 0. The number of primary amides is 1. The number of carbonyl (C=O) groups excluding carboxylic acids is 1. The van der Waals surface area contributed by atoms with Gasteiger partial charge in [-0.3, -0.25) is 9.78 Å². The first-order valence-electron chi connectivity index (χ1n) is 9.36. The molecule has 0 bridgehead atoms. The van der Waals surface area contributed by atoms with E-state index in [0.717, 1.165) is 19.0 Å². The highest BCUT2D eigenvalue weighted by Gasteiger charge is 2.51. The minimum atomic E-state index is -1.33. The molecule has 3 heterocycles. The monoisotopic (exact) mass is 387 g/mol.